The molecule has 5 heteroatoms. The summed E-state index contributed by atoms with van der Waals surface area (Å²) in [5.74, 6) is 1.35. The molecule has 1 heterocycles. The number of ether oxygens (including phenoxy) is 1. The van der Waals surface area contributed by atoms with Gasteiger partial charge in [0, 0.05) is 12.2 Å². The summed E-state index contributed by atoms with van der Waals surface area (Å²) in [5.41, 5.74) is 0.422. The van der Waals surface area contributed by atoms with Gasteiger partial charge in [0.2, 0.25) is 0 Å². The van der Waals surface area contributed by atoms with Crippen molar-refractivity contribution in [1.82, 2.24) is 0 Å². The van der Waals surface area contributed by atoms with Crippen LogP contribution in [-0.4, -0.2) is 24.6 Å². The topological polar surface area (TPSA) is 39.4 Å². The first-order valence-electron chi connectivity index (χ1n) is 6.69. The van der Waals surface area contributed by atoms with E-state index in [2.05, 4.69) is 0 Å². The molecule has 1 aromatic heterocycles. The lowest BCUT2D eigenvalue weighted by molar-refractivity contribution is -0.143. The van der Waals surface area contributed by atoms with E-state index in [4.69, 9.17) is 9.15 Å². The van der Waals surface area contributed by atoms with Gasteiger partial charge >= 0.3 is 5.97 Å². The number of thioether (sulfide) groups is 1. The van der Waals surface area contributed by atoms with Crippen molar-refractivity contribution >= 4 is 17.7 Å². The number of carbonyl (C=O) groups excluding carboxylic acids is 1. The lowest BCUT2D eigenvalue weighted by atomic mass is 10.1. The van der Waals surface area contributed by atoms with Crippen LogP contribution in [0, 0.1) is 5.82 Å². The van der Waals surface area contributed by atoms with E-state index in [9.17, 15) is 9.18 Å². The zero-order valence-electron chi connectivity index (χ0n) is 11.8. The molecule has 0 saturated carbocycles. The minimum atomic E-state index is -0.324. The molecule has 0 fully saturated rings. The molecule has 0 aliphatic heterocycles. The predicted octanol–water partition coefficient (Wildman–Crippen LogP) is 3.92. The van der Waals surface area contributed by atoms with Gasteiger partial charge in [0.25, 0.3) is 0 Å². The molecule has 0 aliphatic rings. The maximum atomic E-state index is 13.6. The third-order valence-electron chi connectivity index (χ3n) is 2.93. The fourth-order valence-electron chi connectivity index (χ4n) is 1.85. The Balaban J connectivity index is 1.89. The van der Waals surface area contributed by atoms with Gasteiger partial charge in [0.1, 0.15) is 23.9 Å². The minimum absolute atomic E-state index is 0.243. The van der Waals surface area contributed by atoms with Crippen molar-refractivity contribution in [1.29, 1.82) is 0 Å². The molecule has 0 saturated heterocycles. The number of rotatable bonds is 7. The lowest BCUT2D eigenvalue weighted by Crippen LogP contribution is -2.08. The molecule has 0 radical (unpaired) electrons. The van der Waals surface area contributed by atoms with Crippen LogP contribution in [-0.2, 0) is 16.0 Å². The zero-order valence-corrected chi connectivity index (χ0v) is 12.6. The summed E-state index contributed by atoms with van der Waals surface area (Å²) in [5, 5.41) is 0. The van der Waals surface area contributed by atoms with E-state index in [0.717, 1.165) is 5.75 Å². The number of esters is 1. The highest BCUT2D eigenvalue weighted by Gasteiger charge is 2.10. The van der Waals surface area contributed by atoms with E-state index in [-0.39, 0.29) is 18.2 Å². The molecule has 0 spiro atoms. The van der Waals surface area contributed by atoms with E-state index < -0.39 is 0 Å². The number of aryl methyl sites for hydroxylation is 1. The molecule has 0 atom stereocenters. The number of benzene rings is 1. The van der Waals surface area contributed by atoms with Crippen LogP contribution in [0.3, 0.4) is 0 Å². The molecular weight excluding hydrogens is 291 g/mol. The average Bonchev–Trinajstić information content (AvgIpc) is 2.94. The highest BCUT2D eigenvalue weighted by atomic mass is 32.2. The average molecular weight is 308 g/mol. The first-order chi connectivity index (χ1) is 10.2. The maximum Gasteiger partial charge on any atom is 0.306 e. The van der Waals surface area contributed by atoms with Crippen LogP contribution < -0.4 is 0 Å². The summed E-state index contributed by atoms with van der Waals surface area (Å²) < 4.78 is 24.3. The Morgan fingerprint density at radius 3 is 2.86 bits per heavy atom. The van der Waals surface area contributed by atoms with Crippen LogP contribution in [0.15, 0.2) is 40.8 Å². The number of hydrogen-bond donors (Lipinski definition) is 0. The van der Waals surface area contributed by atoms with Crippen LogP contribution in [0.1, 0.15) is 12.2 Å². The highest BCUT2D eigenvalue weighted by Crippen LogP contribution is 2.25. The van der Waals surface area contributed by atoms with E-state index in [1.807, 2.05) is 6.26 Å². The molecule has 2 aromatic rings. The number of furan rings is 1. The molecule has 0 amide bonds. The molecule has 1 aromatic carbocycles. The number of hydrogen-bond acceptors (Lipinski definition) is 4. The second kappa shape index (κ2) is 7.88. The molecular formula is C16H17FO3S. The molecule has 0 bridgehead atoms. The molecule has 112 valence electrons. The normalized spacial score (nSPS) is 10.6. The Morgan fingerprint density at radius 1 is 1.29 bits per heavy atom. The fraction of sp³-hybridized carbons (Fsp3) is 0.312. The Morgan fingerprint density at radius 2 is 2.10 bits per heavy atom. The van der Waals surface area contributed by atoms with Gasteiger partial charge in [-0.25, -0.2) is 4.39 Å². The smallest absolute Gasteiger partial charge is 0.306 e. The van der Waals surface area contributed by atoms with Gasteiger partial charge in [-0.15, -0.1) is 0 Å². The van der Waals surface area contributed by atoms with Gasteiger partial charge in [-0.3, -0.25) is 4.79 Å². The van der Waals surface area contributed by atoms with Crippen LogP contribution in [0.4, 0.5) is 4.39 Å². The van der Waals surface area contributed by atoms with Crippen molar-refractivity contribution in [2.24, 2.45) is 0 Å². The van der Waals surface area contributed by atoms with Crippen LogP contribution in [0.25, 0.3) is 11.3 Å². The molecule has 0 unspecified atom stereocenters. The first-order valence-corrected chi connectivity index (χ1v) is 8.08. The summed E-state index contributed by atoms with van der Waals surface area (Å²) in [4.78, 5) is 11.5. The molecule has 0 N–H and O–H groups in total. The van der Waals surface area contributed by atoms with Crippen molar-refractivity contribution in [3.05, 3.63) is 48.0 Å². The zero-order chi connectivity index (χ0) is 15.1. The number of carbonyl (C=O) groups is 1. The second-order valence-electron chi connectivity index (χ2n) is 4.46. The SMILES string of the molecule is CSCCOC(=O)CCc1ccc(-c2ccccc2F)o1. The lowest BCUT2D eigenvalue weighted by Gasteiger charge is -2.02. The van der Waals surface area contributed by atoms with E-state index >= 15 is 0 Å². The predicted molar refractivity (Wildman–Crippen MR) is 81.8 cm³/mol. The van der Waals surface area contributed by atoms with Gasteiger partial charge in [-0.05, 0) is 30.5 Å². The van der Waals surface area contributed by atoms with Gasteiger partial charge < -0.3 is 9.15 Å². The second-order valence-corrected chi connectivity index (χ2v) is 5.44. The van der Waals surface area contributed by atoms with Gasteiger partial charge in [-0.2, -0.15) is 11.8 Å². The monoisotopic (exact) mass is 308 g/mol. The Hall–Kier alpha value is -1.75. The Labute approximate surface area is 127 Å². The van der Waals surface area contributed by atoms with Crippen molar-refractivity contribution in [2.75, 3.05) is 18.6 Å². The van der Waals surface area contributed by atoms with Crippen molar-refractivity contribution in [2.45, 2.75) is 12.8 Å². The third-order valence-corrected chi connectivity index (χ3v) is 3.50. The Kier molecular flexibility index (Phi) is 5.87. The summed E-state index contributed by atoms with van der Waals surface area (Å²) >= 11 is 1.63. The molecule has 0 aliphatic carbocycles. The standard InChI is InChI=1S/C16H17FO3S/c1-21-11-10-19-16(18)9-7-12-6-8-15(20-12)13-4-2-3-5-14(13)17/h2-6,8H,7,9-11H2,1H3. The minimum Gasteiger partial charge on any atom is -0.465 e. The Bertz CT molecular complexity index is 595. The largest absolute Gasteiger partial charge is 0.465 e. The van der Waals surface area contributed by atoms with Crippen molar-refractivity contribution in [3.63, 3.8) is 0 Å². The fourth-order valence-corrected chi connectivity index (χ4v) is 2.10. The van der Waals surface area contributed by atoms with Crippen molar-refractivity contribution < 1.29 is 18.3 Å². The van der Waals surface area contributed by atoms with E-state index in [0.29, 0.717) is 30.1 Å². The van der Waals surface area contributed by atoms with Crippen LogP contribution in [0.5, 0.6) is 0 Å². The van der Waals surface area contributed by atoms with Gasteiger partial charge in [-0.1, -0.05) is 12.1 Å². The van der Waals surface area contributed by atoms with E-state index in [1.165, 1.54) is 6.07 Å². The summed E-state index contributed by atoms with van der Waals surface area (Å²) in [6, 6.07) is 9.91. The quantitative estimate of drug-likeness (QED) is 0.574. The third kappa shape index (κ3) is 4.63. The molecule has 21 heavy (non-hydrogen) atoms. The molecule has 2 rings (SSSR count). The van der Waals surface area contributed by atoms with Gasteiger partial charge in [0.05, 0.1) is 12.0 Å². The van der Waals surface area contributed by atoms with Crippen molar-refractivity contribution in [3.8, 4) is 11.3 Å². The summed E-state index contributed by atoms with van der Waals surface area (Å²) in [7, 11) is 0. The maximum absolute atomic E-state index is 13.6. The summed E-state index contributed by atoms with van der Waals surface area (Å²) in [6.07, 6.45) is 2.67. The van der Waals surface area contributed by atoms with Crippen LogP contribution in [0.2, 0.25) is 0 Å². The van der Waals surface area contributed by atoms with Gasteiger partial charge in [0.15, 0.2) is 0 Å². The molecule has 3 nitrogen and oxygen atoms in total. The number of halogens is 1. The van der Waals surface area contributed by atoms with E-state index in [1.54, 1.807) is 42.1 Å². The highest BCUT2D eigenvalue weighted by molar-refractivity contribution is 7.98. The summed E-state index contributed by atoms with van der Waals surface area (Å²) in [6.45, 7) is 0.429. The van der Waals surface area contributed by atoms with Crippen LogP contribution >= 0.6 is 11.8 Å². The first kappa shape index (κ1) is 15.6.